The van der Waals surface area contributed by atoms with Crippen molar-refractivity contribution in [2.24, 2.45) is 0 Å². The Hall–Kier alpha value is -1.67. The largest absolute Gasteiger partial charge is 0.394 e. The lowest BCUT2D eigenvalue weighted by atomic mass is 9.98. The molecular formula is C70H133NO10. The van der Waals surface area contributed by atoms with E-state index in [9.17, 15) is 40.5 Å². The molecule has 1 heterocycles. The van der Waals surface area contributed by atoms with Crippen LogP contribution in [0.4, 0.5) is 0 Å². The zero-order chi connectivity index (χ0) is 58.9. The van der Waals surface area contributed by atoms with Crippen molar-refractivity contribution in [2.45, 2.75) is 390 Å². The van der Waals surface area contributed by atoms with Gasteiger partial charge in [-0.15, -0.1) is 0 Å². The first-order valence-corrected chi connectivity index (χ1v) is 34.9. The molecule has 0 saturated carbocycles. The van der Waals surface area contributed by atoms with Crippen LogP contribution in [0, 0.1) is 0 Å². The molecule has 1 amide bonds. The van der Waals surface area contributed by atoms with Gasteiger partial charge in [0.1, 0.15) is 36.6 Å². The molecule has 478 valence electrons. The van der Waals surface area contributed by atoms with E-state index < -0.39 is 74.2 Å². The third-order valence-corrected chi connectivity index (χ3v) is 16.9. The third-order valence-electron chi connectivity index (χ3n) is 16.9. The van der Waals surface area contributed by atoms with Crippen LogP contribution in [0.3, 0.4) is 0 Å². The predicted octanol–water partition coefficient (Wildman–Crippen LogP) is 16.6. The second kappa shape index (κ2) is 58.7. The van der Waals surface area contributed by atoms with Gasteiger partial charge in [-0.05, 0) is 70.6 Å². The molecule has 1 rings (SSSR count). The molecule has 0 radical (unpaired) electrons. The van der Waals surface area contributed by atoms with Crippen molar-refractivity contribution in [3.63, 3.8) is 0 Å². The topological polar surface area (TPSA) is 189 Å². The lowest BCUT2D eigenvalue weighted by molar-refractivity contribution is -0.303. The number of allylic oxidation sites excluding steroid dienone is 6. The smallest absolute Gasteiger partial charge is 0.249 e. The number of unbranched alkanes of at least 4 members (excludes halogenated alkanes) is 43. The molecule has 11 heteroatoms. The number of aliphatic hydroxyl groups excluding tert-OH is 7. The molecule has 0 aromatic heterocycles. The van der Waals surface area contributed by atoms with Crippen molar-refractivity contribution in [2.75, 3.05) is 13.2 Å². The average molecular weight is 1150 g/mol. The number of aliphatic hydroxyl groups is 7. The summed E-state index contributed by atoms with van der Waals surface area (Å²) in [7, 11) is 0. The number of nitrogens with one attached hydrogen (secondary N) is 1. The summed E-state index contributed by atoms with van der Waals surface area (Å²) in [4.78, 5) is 13.2. The van der Waals surface area contributed by atoms with Crippen LogP contribution in [0.15, 0.2) is 36.5 Å². The summed E-state index contributed by atoms with van der Waals surface area (Å²) in [5.74, 6) is -0.701. The summed E-state index contributed by atoms with van der Waals surface area (Å²) in [5.41, 5.74) is 0. The molecule has 81 heavy (non-hydrogen) atoms. The van der Waals surface area contributed by atoms with Gasteiger partial charge >= 0.3 is 0 Å². The van der Waals surface area contributed by atoms with Crippen LogP contribution in [-0.2, 0) is 14.3 Å². The van der Waals surface area contributed by atoms with E-state index in [1.165, 1.54) is 250 Å². The second-order valence-electron chi connectivity index (χ2n) is 24.6. The van der Waals surface area contributed by atoms with Crippen molar-refractivity contribution < 1.29 is 50.0 Å². The number of carbonyl (C=O) groups excluding carboxylic acids is 1. The van der Waals surface area contributed by atoms with Crippen LogP contribution in [-0.4, -0.2) is 110 Å². The molecule has 0 aliphatic carbocycles. The molecule has 8 N–H and O–H groups in total. The molecule has 1 fully saturated rings. The standard InChI is InChI=1S/C70H133NO10/c1-3-5-7-9-11-13-15-17-19-21-23-25-27-28-29-30-31-32-33-34-35-36-38-40-42-44-46-48-50-52-54-56-58-63(74)69(79)71-61(60-80-70-68(78)67(77)66(76)64(59-72)81-70)65(75)62(73)57-55-53-51-49-47-45-43-41-39-37-26-24-22-20-18-16-14-12-10-8-6-4-2/h23,25,28-29,49,51,61-68,70,72-78H,3-22,24,26-27,30-48,50,52-60H2,1-2H3,(H,71,79)/b25-23-,29-28-,51-49+. The highest BCUT2D eigenvalue weighted by Crippen LogP contribution is 2.24. The Morgan fingerprint density at radius 3 is 1.14 bits per heavy atom. The van der Waals surface area contributed by atoms with Crippen LogP contribution in [0.1, 0.15) is 335 Å². The zero-order valence-corrected chi connectivity index (χ0v) is 52.8. The van der Waals surface area contributed by atoms with Crippen LogP contribution in [0.5, 0.6) is 0 Å². The molecule has 11 nitrogen and oxygen atoms in total. The maximum Gasteiger partial charge on any atom is 0.249 e. The van der Waals surface area contributed by atoms with Crippen LogP contribution < -0.4 is 5.32 Å². The molecule has 1 aliphatic rings. The molecule has 9 atom stereocenters. The number of hydrogen-bond acceptors (Lipinski definition) is 10. The van der Waals surface area contributed by atoms with Gasteiger partial charge in [0.05, 0.1) is 25.4 Å². The number of amides is 1. The zero-order valence-electron chi connectivity index (χ0n) is 52.8. The number of hydrogen-bond donors (Lipinski definition) is 8. The first-order valence-electron chi connectivity index (χ1n) is 34.9. The molecule has 0 aromatic rings. The van der Waals surface area contributed by atoms with E-state index >= 15 is 0 Å². The first-order chi connectivity index (χ1) is 39.7. The fourth-order valence-corrected chi connectivity index (χ4v) is 11.3. The SMILES string of the molecule is CCCCCCCCCCC/C=C\C/C=C\CCCCCCCCCCCCCCCCCCC(O)C(=O)NC(COC1OC(CO)C(O)C(O)C1O)C(O)C(O)CCC/C=C/CCCCCCCCCCCCCCCCCCC. The maximum absolute atomic E-state index is 13.2. The quantitative estimate of drug-likeness (QED) is 0.0215. The number of ether oxygens (including phenoxy) is 2. The van der Waals surface area contributed by atoms with Gasteiger partial charge in [0, 0.05) is 0 Å². The molecule has 1 saturated heterocycles. The first kappa shape index (κ1) is 77.3. The fraction of sp³-hybridized carbons (Fsp3) is 0.900. The monoisotopic (exact) mass is 1150 g/mol. The lowest BCUT2D eigenvalue weighted by Crippen LogP contribution is -2.60. The van der Waals surface area contributed by atoms with E-state index in [-0.39, 0.29) is 12.8 Å². The van der Waals surface area contributed by atoms with E-state index in [1.807, 2.05) is 0 Å². The summed E-state index contributed by atoms with van der Waals surface area (Å²) < 4.78 is 11.2. The molecule has 9 unspecified atom stereocenters. The van der Waals surface area contributed by atoms with Gasteiger partial charge in [-0.1, -0.05) is 301 Å². The van der Waals surface area contributed by atoms with E-state index in [1.54, 1.807) is 0 Å². The Kier molecular flexibility index (Phi) is 56.0. The molecule has 1 aliphatic heterocycles. The minimum Gasteiger partial charge on any atom is -0.394 e. The Morgan fingerprint density at radius 1 is 0.432 bits per heavy atom. The minimum atomic E-state index is -1.67. The molecule has 0 spiro atoms. The summed E-state index contributed by atoms with van der Waals surface area (Å²) in [6, 6.07) is -1.19. The van der Waals surface area contributed by atoms with Crippen molar-refractivity contribution in [1.29, 1.82) is 0 Å². The molecule has 0 aromatic carbocycles. The number of carbonyl (C=O) groups is 1. The van der Waals surface area contributed by atoms with Crippen molar-refractivity contribution in [3.05, 3.63) is 36.5 Å². The van der Waals surface area contributed by atoms with Crippen LogP contribution in [0.2, 0.25) is 0 Å². The third kappa shape index (κ3) is 46.3. The van der Waals surface area contributed by atoms with E-state index in [0.29, 0.717) is 12.8 Å². The van der Waals surface area contributed by atoms with E-state index in [4.69, 9.17) is 9.47 Å². The highest BCUT2D eigenvalue weighted by Gasteiger charge is 2.44. The summed E-state index contributed by atoms with van der Waals surface area (Å²) in [6.07, 6.45) is 63.7. The van der Waals surface area contributed by atoms with Crippen LogP contribution >= 0.6 is 0 Å². The van der Waals surface area contributed by atoms with Gasteiger partial charge < -0.3 is 50.5 Å². The molecule has 0 bridgehead atoms. The van der Waals surface area contributed by atoms with E-state index in [2.05, 4.69) is 55.6 Å². The van der Waals surface area contributed by atoms with Gasteiger partial charge in [0.25, 0.3) is 0 Å². The van der Waals surface area contributed by atoms with Gasteiger partial charge in [0.2, 0.25) is 5.91 Å². The average Bonchev–Trinajstić information content (AvgIpc) is 3.51. The number of rotatable bonds is 61. The second-order valence-corrected chi connectivity index (χ2v) is 24.6. The van der Waals surface area contributed by atoms with Crippen molar-refractivity contribution >= 4 is 5.91 Å². The summed E-state index contributed by atoms with van der Waals surface area (Å²) >= 11 is 0. The van der Waals surface area contributed by atoms with Gasteiger partial charge in [-0.2, -0.15) is 0 Å². The Bertz CT molecular complexity index is 1410. The Balaban J connectivity index is 2.20. The Labute approximate surface area is 498 Å². The minimum absolute atomic E-state index is 0.255. The lowest BCUT2D eigenvalue weighted by Gasteiger charge is -2.40. The van der Waals surface area contributed by atoms with Gasteiger partial charge in [-0.3, -0.25) is 4.79 Å². The highest BCUT2D eigenvalue weighted by molar-refractivity contribution is 5.80. The summed E-state index contributed by atoms with van der Waals surface area (Å²) in [6.45, 7) is 3.49. The molecular weight excluding hydrogens is 1010 g/mol. The Morgan fingerprint density at radius 2 is 0.765 bits per heavy atom. The van der Waals surface area contributed by atoms with Gasteiger partial charge in [-0.25, -0.2) is 0 Å². The van der Waals surface area contributed by atoms with E-state index in [0.717, 1.165) is 44.9 Å². The van der Waals surface area contributed by atoms with Crippen molar-refractivity contribution in [3.8, 4) is 0 Å². The fourth-order valence-electron chi connectivity index (χ4n) is 11.3. The van der Waals surface area contributed by atoms with Crippen LogP contribution in [0.25, 0.3) is 0 Å². The maximum atomic E-state index is 13.2. The highest BCUT2D eigenvalue weighted by atomic mass is 16.7. The normalized spacial score (nSPS) is 19.3. The van der Waals surface area contributed by atoms with Crippen molar-refractivity contribution in [1.82, 2.24) is 5.32 Å². The van der Waals surface area contributed by atoms with Gasteiger partial charge in [0.15, 0.2) is 6.29 Å². The summed E-state index contributed by atoms with van der Waals surface area (Å²) in [5, 5.41) is 76.4. The predicted molar refractivity (Wildman–Crippen MR) is 339 cm³/mol.